The van der Waals surface area contributed by atoms with Gasteiger partial charge in [0, 0.05) is 10.7 Å². The predicted octanol–water partition coefficient (Wildman–Crippen LogP) is 6.14. The summed E-state index contributed by atoms with van der Waals surface area (Å²) < 4.78 is 0. The molecule has 0 amide bonds. The van der Waals surface area contributed by atoms with E-state index in [0.29, 0.717) is 0 Å². The van der Waals surface area contributed by atoms with Gasteiger partial charge >= 0.3 is 0 Å². The molecular weight excluding hydrogens is 400 g/mol. The summed E-state index contributed by atoms with van der Waals surface area (Å²) in [5, 5.41) is 1.93. The van der Waals surface area contributed by atoms with E-state index in [4.69, 9.17) is 0 Å². The SMILES string of the molecule is BrCc1cc2c(CBr)cc1CCCc1ccc(cc1)CCC2. The molecule has 0 saturated carbocycles. The highest BCUT2D eigenvalue weighted by molar-refractivity contribution is 9.08. The van der Waals surface area contributed by atoms with Crippen LogP contribution in [-0.2, 0) is 36.3 Å². The lowest BCUT2D eigenvalue weighted by molar-refractivity contribution is 0.791. The van der Waals surface area contributed by atoms with Gasteiger partial charge in [-0.3, -0.25) is 0 Å². The van der Waals surface area contributed by atoms with E-state index in [0.717, 1.165) is 10.7 Å². The lowest BCUT2D eigenvalue weighted by Crippen LogP contribution is -2.02. The average molecular weight is 422 g/mol. The molecule has 0 aromatic heterocycles. The molecule has 0 nitrogen and oxygen atoms in total. The van der Waals surface area contributed by atoms with Crippen LogP contribution in [0.15, 0.2) is 36.4 Å². The van der Waals surface area contributed by atoms with Crippen LogP contribution in [-0.4, -0.2) is 0 Å². The minimum absolute atomic E-state index is 0.964. The first kappa shape index (κ1) is 16.3. The van der Waals surface area contributed by atoms with E-state index in [1.54, 1.807) is 0 Å². The fourth-order valence-corrected chi connectivity index (χ4v) is 4.39. The monoisotopic (exact) mass is 420 g/mol. The molecule has 2 aromatic carbocycles. The lowest BCUT2D eigenvalue weighted by atomic mass is 9.92. The van der Waals surface area contributed by atoms with E-state index in [-0.39, 0.29) is 0 Å². The number of hydrogen-bond acceptors (Lipinski definition) is 0. The van der Waals surface area contributed by atoms with Gasteiger partial charge in [-0.1, -0.05) is 68.3 Å². The summed E-state index contributed by atoms with van der Waals surface area (Å²) in [6.45, 7) is 0. The minimum Gasteiger partial charge on any atom is -0.0876 e. The lowest BCUT2D eigenvalue weighted by Gasteiger charge is -2.16. The molecule has 0 radical (unpaired) electrons. The molecule has 2 heteroatoms. The third-order valence-electron chi connectivity index (χ3n) is 4.66. The van der Waals surface area contributed by atoms with Crippen LogP contribution in [0.5, 0.6) is 0 Å². The van der Waals surface area contributed by atoms with Crippen LogP contribution in [0.4, 0.5) is 0 Å². The Hall–Kier alpha value is -0.600. The largest absolute Gasteiger partial charge is 0.0876 e. The van der Waals surface area contributed by atoms with Gasteiger partial charge in [0.1, 0.15) is 0 Å². The molecule has 0 saturated heterocycles. The molecule has 22 heavy (non-hydrogen) atoms. The molecule has 6 rings (SSSR count). The molecule has 0 heterocycles. The molecule has 2 aromatic rings. The summed E-state index contributed by atoms with van der Waals surface area (Å²) in [5.41, 5.74) is 8.93. The molecule has 0 fully saturated rings. The van der Waals surface area contributed by atoms with Gasteiger partial charge < -0.3 is 0 Å². The Morgan fingerprint density at radius 1 is 0.636 bits per heavy atom. The number of halogens is 2. The molecule has 0 unspecified atom stereocenters. The van der Waals surface area contributed by atoms with Crippen molar-refractivity contribution in [2.45, 2.75) is 49.2 Å². The smallest absolute Gasteiger partial charge is 0.0285 e. The Kier molecular flexibility index (Phi) is 5.76. The van der Waals surface area contributed by atoms with Crippen molar-refractivity contribution in [2.75, 3.05) is 0 Å². The van der Waals surface area contributed by atoms with E-state index >= 15 is 0 Å². The van der Waals surface area contributed by atoms with Crippen molar-refractivity contribution in [1.82, 2.24) is 0 Å². The molecule has 4 aliphatic carbocycles. The Morgan fingerprint density at radius 2 is 1.05 bits per heavy atom. The summed E-state index contributed by atoms with van der Waals surface area (Å²) in [5.74, 6) is 0. The van der Waals surface area contributed by atoms with Gasteiger partial charge in [0.15, 0.2) is 0 Å². The first-order valence-corrected chi connectivity index (χ1v) is 10.4. The minimum atomic E-state index is 0.964. The zero-order valence-electron chi connectivity index (χ0n) is 12.9. The second-order valence-corrected chi connectivity index (χ2v) is 7.30. The van der Waals surface area contributed by atoms with Crippen LogP contribution in [0.1, 0.15) is 46.2 Å². The topological polar surface area (TPSA) is 0 Å². The summed E-state index contributed by atoms with van der Waals surface area (Å²) in [7, 11) is 0. The molecule has 0 atom stereocenters. The van der Waals surface area contributed by atoms with Gasteiger partial charge in [-0.2, -0.15) is 0 Å². The molecule has 116 valence electrons. The van der Waals surface area contributed by atoms with Crippen molar-refractivity contribution in [1.29, 1.82) is 0 Å². The van der Waals surface area contributed by atoms with Crippen molar-refractivity contribution in [2.24, 2.45) is 0 Å². The van der Waals surface area contributed by atoms with Crippen molar-refractivity contribution in [3.8, 4) is 0 Å². The van der Waals surface area contributed by atoms with Crippen molar-refractivity contribution >= 4 is 31.9 Å². The third kappa shape index (κ3) is 3.83. The fraction of sp³-hybridized carbons (Fsp3) is 0.400. The second kappa shape index (κ2) is 7.79. The molecule has 0 N–H and O–H groups in total. The number of rotatable bonds is 2. The second-order valence-electron chi connectivity index (χ2n) is 6.18. The molecule has 4 aliphatic rings. The Bertz CT molecular complexity index is 572. The Balaban J connectivity index is 1.94. The third-order valence-corrected chi connectivity index (χ3v) is 5.86. The normalized spacial score (nSPS) is 15.0. The zero-order chi connectivity index (χ0) is 15.4. The van der Waals surface area contributed by atoms with Gasteiger partial charge in [-0.15, -0.1) is 0 Å². The van der Waals surface area contributed by atoms with Gasteiger partial charge in [-0.05, 0) is 71.9 Å². The van der Waals surface area contributed by atoms with E-state index in [9.17, 15) is 0 Å². The molecule has 4 bridgehead atoms. The van der Waals surface area contributed by atoms with E-state index < -0.39 is 0 Å². The Morgan fingerprint density at radius 3 is 1.41 bits per heavy atom. The van der Waals surface area contributed by atoms with Crippen molar-refractivity contribution in [3.63, 3.8) is 0 Å². The molecule has 0 aliphatic heterocycles. The fourth-order valence-electron chi connectivity index (χ4n) is 3.34. The summed E-state index contributed by atoms with van der Waals surface area (Å²) in [4.78, 5) is 0. The summed E-state index contributed by atoms with van der Waals surface area (Å²) in [6.07, 6.45) is 7.13. The van der Waals surface area contributed by atoms with Crippen LogP contribution >= 0.6 is 31.9 Å². The van der Waals surface area contributed by atoms with Gasteiger partial charge in [0.05, 0.1) is 0 Å². The first-order valence-electron chi connectivity index (χ1n) is 8.13. The molecular formula is C20H22Br2. The maximum Gasteiger partial charge on any atom is 0.0285 e. The van der Waals surface area contributed by atoms with Crippen LogP contribution < -0.4 is 0 Å². The molecule has 0 spiro atoms. The van der Waals surface area contributed by atoms with Crippen LogP contribution in [0.25, 0.3) is 0 Å². The first-order chi connectivity index (χ1) is 10.8. The number of benzene rings is 2. The van der Waals surface area contributed by atoms with Crippen LogP contribution in [0, 0.1) is 0 Å². The van der Waals surface area contributed by atoms with Gasteiger partial charge in [-0.25, -0.2) is 0 Å². The Labute approximate surface area is 150 Å². The highest BCUT2D eigenvalue weighted by Crippen LogP contribution is 2.25. The van der Waals surface area contributed by atoms with Gasteiger partial charge in [0.25, 0.3) is 0 Å². The maximum atomic E-state index is 3.68. The van der Waals surface area contributed by atoms with E-state index in [1.165, 1.54) is 71.9 Å². The number of aryl methyl sites for hydroxylation is 4. The van der Waals surface area contributed by atoms with Crippen molar-refractivity contribution in [3.05, 3.63) is 69.8 Å². The van der Waals surface area contributed by atoms with Gasteiger partial charge in [0.2, 0.25) is 0 Å². The van der Waals surface area contributed by atoms with E-state index in [2.05, 4.69) is 68.3 Å². The maximum absolute atomic E-state index is 3.68. The summed E-state index contributed by atoms with van der Waals surface area (Å²) >= 11 is 7.36. The van der Waals surface area contributed by atoms with Crippen LogP contribution in [0.2, 0.25) is 0 Å². The highest BCUT2D eigenvalue weighted by Gasteiger charge is 2.10. The number of alkyl halides is 2. The number of hydrogen-bond donors (Lipinski definition) is 0. The zero-order valence-corrected chi connectivity index (χ0v) is 16.0. The predicted molar refractivity (Wildman–Crippen MR) is 102 cm³/mol. The van der Waals surface area contributed by atoms with Crippen molar-refractivity contribution < 1.29 is 0 Å². The quantitative estimate of drug-likeness (QED) is 0.510. The van der Waals surface area contributed by atoms with E-state index in [1.807, 2.05) is 0 Å². The van der Waals surface area contributed by atoms with Crippen LogP contribution in [0.3, 0.4) is 0 Å². The average Bonchev–Trinajstić information content (AvgIpc) is 2.56. The standard InChI is InChI=1S/C20H22Br2/c21-13-19-12-18-6-2-4-16-9-7-15(8-10-16)3-1-5-17(19)11-20(18)14-22/h7-12H,1-6,13-14H2. The highest BCUT2D eigenvalue weighted by atomic mass is 79.9. The summed E-state index contributed by atoms with van der Waals surface area (Å²) in [6, 6.07) is 14.1.